The Kier molecular flexibility index (Phi) is 4.93. The highest BCUT2D eigenvalue weighted by molar-refractivity contribution is 6.30. The van der Waals surface area contributed by atoms with Gasteiger partial charge in [0.2, 0.25) is 5.95 Å². The molecule has 6 heteroatoms. The van der Waals surface area contributed by atoms with E-state index in [4.69, 9.17) is 21.1 Å². The van der Waals surface area contributed by atoms with Crippen LogP contribution in [0, 0.1) is 11.8 Å². The lowest BCUT2D eigenvalue weighted by atomic mass is 9.87. The summed E-state index contributed by atoms with van der Waals surface area (Å²) < 4.78 is 11.1. The third-order valence-corrected chi connectivity index (χ3v) is 4.50. The van der Waals surface area contributed by atoms with Gasteiger partial charge in [-0.15, -0.1) is 0 Å². The second-order valence-electron chi connectivity index (χ2n) is 5.97. The van der Waals surface area contributed by atoms with Crippen LogP contribution in [0.2, 0.25) is 5.02 Å². The molecule has 0 N–H and O–H groups in total. The maximum absolute atomic E-state index is 5.83. The quantitative estimate of drug-likeness (QED) is 0.859. The van der Waals surface area contributed by atoms with Crippen LogP contribution in [0.5, 0.6) is 0 Å². The molecular formula is C15H22ClN3O2. The first-order chi connectivity index (χ1) is 10.2. The van der Waals surface area contributed by atoms with Gasteiger partial charge in [-0.2, -0.15) is 0 Å². The van der Waals surface area contributed by atoms with Gasteiger partial charge in [-0.25, -0.2) is 9.97 Å². The second kappa shape index (κ2) is 6.90. The van der Waals surface area contributed by atoms with Crippen LogP contribution in [0.25, 0.3) is 0 Å². The molecule has 0 saturated carbocycles. The average Bonchev–Trinajstić information content (AvgIpc) is 2.51. The number of aromatic nitrogens is 2. The first-order valence-electron chi connectivity index (χ1n) is 7.66. The van der Waals surface area contributed by atoms with Gasteiger partial charge >= 0.3 is 0 Å². The van der Waals surface area contributed by atoms with Crippen LogP contribution in [0.4, 0.5) is 5.95 Å². The van der Waals surface area contributed by atoms with Crippen molar-refractivity contribution in [3.8, 4) is 0 Å². The predicted octanol–water partition coefficient (Wildman–Crippen LogP) is 2.75. The Morgan fingerprint density at radius 3 is 2.38 bits per heavy atom. The van der Waals surface area contributed by atoms with Gasteiger partial charge in [0, 0.05) is 19.0 Å². The Labute approximate surface area is 130 Å². The molecule has 0 atom stereocenters. The number of nitrogens with zero attached hydrogens (tertiary/aromatic N) is 3. The summed E-state index contributed by atoms with van der Waals surface area (Å²) in [6.07, 6.45) is 6.84. The van der Waals surface area contributed by atoms with Crippen molar-refractivity contribution < 1.29 is 9.47 Å². The smallest absolute Gasteiger partial charge is 0.225 e. The molecule has 0 bridgehead atoms. The van der Waals surface area contributed by atoms with Crippen molar-refractivity contribution in [2.24, 2.45) is 11.8 Å². The summed E-state index contributed by atoms with van der Waals surface area (Å²) in [4.78, 5) is 10.8. The molecule has 3 rings (SSSR count). The Morgan fingerprint density at radius 1 is 1.14 bits per heavy atom. The Morgan fingerprint density at radius 2 is 1.76 bits per heavy atom. The minimum atomic E-state index is -0.0369. The van der Waals surface area contributed by atoms with Gasteiger partial charge in [0.1, 0.15) is 0 Å². The first-order valence-corrected chi connectivity index (χ1v) is 8.04. The number of hydrogen-bond donors (Lipinski definition) is 0. The molecule has 2 saturated heterocycles. The van der Waals surface area contributed by atoms with Gasteiger partial charge in [0.05, 0.1) is 30.6 Å². The lowest BCUT2D eigenvalue weighted by molar-refractivity contribution is -0.192. The Bertz CT molecular complexity index is 441. The molecule has 1 aromatic rings. The van der Waals surface area contributed by atoms with E-state index in [1.807, 2.05) is 6.92 Å². The highest BCUT2D eigenvalue weighted by atomic mass is 35.5. The first kappa shape index (κ1) is 15.0. The summed E-state index contributed by atoms with van der Waals surface area (Å²) in [6, 6.07) is 0. The average molecular weight is 312 g/mol. The van der Waals surface area contributed by atoms with Crippen LogP contribution in [0.3, 0.4) is 0 Å². The van der Waals surface area contributed by atoms with E-state index in [-0.39, 0.29) is 6.29 Å². The minimum absolute atomic E-state index is 0.0369. The van der Waals surface area contributed by atoms with E-state index in [2.05, 4.69) is 14.9 Å². The fraction of sp³-hybridized carbons (Fsp3) is 0.733. The molecule has 116 valence electrons. The van der Waals surface area contributed by atoms with E-state index < -0.39 is 0 Å². The van der Waals surface area contributed by atoms with Crippen LogP contribution < -0.4 is 4.90 Å². The monoisotopic (exact) mass is 311 g/mol. The molecule has 1 aromatic heterocycles. The molecule has 5 nitrogen and oxygen atoms in total. The number of piperidine rings is 1. The molecule has 0 radical (unpaired) electrons. The molecule has 2 aliphatic rings. The molecule has 0 aliphatic carbocycles. The molecule has 2 aliphatic heterocycles. The topological polar surface area (TPSA) is 47.5 Å². The standard InChI is InChI=1S/C15H22ClN3O2/c1-11-20-9-13(10-21-11)6-12-2-4-19(5-3-12)15-17-7-14(16)8-18-15/h7-8,11-13H,2-6,9-10H2,1H3/t11-,13+. The van der Waals surface area contributed by atoms with Crippen LogP contribution in [0.15, 0.2) is 12.4 Å². The summed E-state index contributed by atoms with van der Waals surface area (Å²) in [5, 5.41) is 0.583. The van der Waals surface area contributed by atoms with Crippen LogP contribution in [-0.2, 0) is 9.47 Å². The van der Waals surface area contributed by atoms with E-state index in [9.17, 15) is 0 Å². The van der Waals surface area contributed by atoms with Gasteiger partial charge in [-0.3, -0.25) is 0 Å². The van der Waals surface area contributed by atoms with Gasteiger partial charge in [0.15, 0.2) is 6.29 Å². The molecule has 0 aromatic carbocycles. The van der Waals surface area contributed by atoms with E-state index in [1.165, 1.54) is 19.3 Å². The number of hydrogen-bond acceptors (Lipinski definition) is 5. The maximum Gasteiger partial charge on any atom is 0.225 e. The van der Waals surface area contributed by atoms with E-state index in [1.54, 1.807) is 12.4 Å². The summed E-state index contributed by atoms with van der Waals surface area (Å²) >= 11 is 5.83. The third-order valence-electron chi connectivity index (χ3n) is 4.30. The largest absolute Gasteiger partial charge is 0.353 e. The highest BCUT2D eigenvalue weighted by Gasteiger charge is 2.26. The molecule has 3 heterocycles. The normalized spacial score (nSPS) is 27.8. The predicted molar refractivity (Wildman–Crippen MR) is 81.5 cm³/mol. The van der Waals surface area contributed by atoms with Crippen LogP contribution in [0.1, 0.15) is 26.2 Å². The van der Waals surface area contributed by atoms with E-state index >= 15 is 0 Å². The zero-order valence-corrected chi connectivity index (χ0v) is 13.1. The van der Waals surface area contributed by atoms with Gasteiger partial charge in [-0.1, -0.05) is 11.6 Å². The SMILES string of the molecule is C[C@H]1OC[C@@H](CC2CCN(c3ncc(Cl)cn3)CC2)CO1. The van der Waals surface area contributed by atoms with Crippen LogP contribution in [-0.4, -0.2) is 42.6 Å². The third kappa shape index (κ3) is 4.05. The molecule has 21 heavy (non-hydrogen) atoms. The Hall–Kier alpha value is -0.910. The number of rotatable bonds is 3. The Balaban J connectivity index is 1.45. The molecule has 0 spiro atoms. The summed E-state index contributed by atoms with van der Waals surface area (Å²) in [6.45, 7) is 5.65. The second-order valence-corrected chi connectivity index (χ2v) is 6.40. The van der Waals surface area contributed by atoms with Crippen LogP contribution >= 0.6 is 11.6 Å². The van der Waals surface area contributed by atoms with Crippen molar-refractivity contribution in [2.75, 3.05) is 31.2 Å². The van der Waals surface area contributed by atoms with Crippen molar-refractivity contribution in [1.82, 2.24) is 9.97 Å². The highest BCUT2D eigenvalue weighted by Crippen LogP contribution is 2.28. The van der Waals surface area contributed by atoms with Crippen molar-refractivity contribution >= 4 is 17.5 Å². The van der Waals surface area contributed by atoms with Gasteiger partial charge in [0.25, 0.3) is 0 Å². The zero-order valence-electron chi connectivity index (χ0n) is 12.4. The van der Waals surface area contributed by atoms with Gasteiger partial charge < -0.3 is 14.4 Å². The van der Waals surface area contributed by atoms with Crippen molar-refractivity contribution in [3.63, 3.8) is 0 Å². The summed E-state index contributed by atoms with van der Waals surface area (Å²) in [5.41, 5.74) is 0. The van der Waals surface area contributed by atoms with Crippen molar-refractivity contribution in [3.05, 3.63) is 17.4 Å². The minimum Gasteiger partial charge on any atom is -0.353 e. The number of ether oxygens (including phenoxy) is 2. The fourth-order valence-corrected chi connectivity index (χ4v) is 3.18. The van der Waals surface area contributed by atoms with E-state index in [0.29, 0.717) is 10.9 Å². The number of anilines is 1. The lowest BCUT2D eigenvalue weighted by Gasteiger charge is -2.35. The van der Waals surface area contributed by atoms with Crippen molar-refractivity contribution in [2.45, 2.75) is 32.5 Å². The maximum atomic E-state index is 5.83. The number of halogens is 1. The fourth-order valence-electron chi connectivity index (χ4n) is 3.08. The summed E-state index contributed by atoms with van der Waals surface area (Å²) in [5.74, 6) is 2.08. The van der Waals surface area contributed by atoms with E-state index in [0.717, 1.165) is 38.2 Å². The van der Waals surface area contributed by atoms with Gasteiger partial charge in [-0.05, 0) is 32.1 Å². The lowest BCUT2D eigenvalue weighted by Crippen LogP contribution is -2.37. The molecule has 0 amide bonds. The zero-order chi connectivity index (χ0) is 14.7. The molecule has 2 fully saturated rings. The van der Waals surface area contributed by atoms with Crippen molar-refractivity contribution in [1.29, 1.82) is 0 Å². The summed E-state index contributed by atoms with van der Waals surface area (Å²) in [7, 11) is 0. The molecular weight excluding hydrogens is 290 g/mol. The molecule has 0 unspecified atom stereocenters.